The molecule has 0 heterocycles. The van der Waals surface area contributed by atoms with Gasteiger partial charge >= 0.3 is 23.9 Å². The van der Waals surface area contributed by atoms with Crippen molar-refractivity contribution in [2.24, 2.45) is 0 Å². The van der Waals surface area contributed by atoms with Gasteiger partial charge in [0.15, 0.2) is 11.6 Å². The summed E-state index contributed by atoms with van der Waals surface area (Å²) in [5.74, 6) is -5.21. The summed E-state index contributed by atoms with van der Waals surface area (Å²) in [4.78, 5) is 131. The van der Waals surface area contributed by atoms with E-state index in [1.807, 2.05) is 0 Å². The number of aromatic carboxylic acids is 4. The Bertz CT molecular complexity index is 4250. The lowest BCUT2D eigenvalue weighted by Crippen LogP contribution is -2.19. The SMILES string of the molecule is C#Cc1cccc(NC(=O)c2cc(C(=O)c3ccc(C(=O)O)c(C(=O)Nc4cccc(Oc5cccc(Oc6cccc(NC(=O)c7cc(C(=O)c8ccc(C(=O)O)c(C(=O)Nc9cccc(C#C)c9)c8)ccc7C(=O)O)c6)c5)c4)c3)ccc2C(=O)O)c1. The van der Waals surface area contributed by atoms with Gasteiger partial charge in [0.25, 0.3) is 23.6 Å². The van der Waals surface area contributed by atoms with Gasteiger partial charge in [-0.25, -0.2) is 19.2 Å². The number of terminal acetylenes is 2. The summed E-state index contributed by atoms with van der Waals surface area (Å²) in [7, 11) is 0. The van der Waals surface area contributed by atoms with Crippen LogP contribution in [0.15, 0.2) is 194 Å². The molecule has 430 valence electrons. The van der Waals surface area contributed by atoms with Gasteiger partial charge < -0.3 is 51.2 Å². The minimum absolute atomic E-state index is 0.148. The summed E-state index contributed by atoms with van der Waals surface area (Å²) in [6, 6.07) is 44.1. The lowest BCUT2D eigenvalue weighted by Gasteiger charge is -2.13. The first kappa shape index (κ1) is 59.4. The lowest BCUT2D eigenvalue weighted by atomic mass is 9.95. The fourth-order valence-corrected chi connectivity index (χ4v) is 8.89. The Morgan fingerprint density at radius 1 is 0.295 bits per heavy atom. The third kappa shape index (κ3) is 13.8. The van der Waals surface area contributed by atoms with Gasteiger partial charge in [-0.2, -0.15) is 0 Å². The summed E-state index contributed by atoms with van der Waals surface area (Å²) in [5.41, 5.74) is -2.20. The van der Waals surface area contributed by atoms with Crippen molar-refractivity contribution in [1.82, 2.24) is 0 Å². The molecule has 0 saturated heterocycles. The van der Waals surface area contributed by atoms with Crippen molar-refractivity contribution in [3.8, 4) is 47.7 Å². The number of ketones is 2. The maximum atomic E-state index is 13.9. The normalized spacial score (nSPS) is 10.4. The zero-order valence-electron chi connectivity index (χ0n) is 45.3. The minimum atomic E-state index is -1.49. The first-order chi connectivity index (χ1) is 42.2. The van der Waals surface area contributed by atoms with Crippen molar-refractivity contribution in [3.05, 3.63) is 272 Å². The topological polar surface area (TPSA) is 318 Å². The van der Waals surface area contributed by atoms with E-state index in [0.29, 0.717) is 11.1 Å². The number of rotatable bonds is 20. The van der Waals surface area contributed by atoms with Gasteiger partial charge in [0, 0.05) is 74.3 Å². The number of carboxylic acids is 4. The van der Waals surface area contributed by atoms with Crippen molar-refractivity contribution in [2.45, 2.75) is 0 Å². The average molecular weight is 1170 g/mol. The number of amides is 4. The molecule has 4 amide bonds. The standard InChI is InChI=1S/C68H42N4O16/c1-3-37-10-5-12-43(28-37)69-61(75)55-30-39(20-24-51(55)65(79)80)59(73)41-22-26-53(67(83)84)57(32-41)63(77)71-45-14-7-16-47(34-45)87-49-18-9-19-50(36-49)88-48-17-8-15-46(35-48)72-64(78)58-33-42(23-27-54(58)68(85)86)60(74)40-21-25-52(66(81)82)56(31-40)62(76)70-44-13-6-11-38(4-2)29-44/h1-2,5-36H,(H,69,75)(H,70,76)(H,71,77)(H,72,78)(H,79,80)(H,81,82)(H,83,84)(H,85,86). The van der Waals surface area contributed by atoms with Gasteiger partial charge in [0.2, 0.25) is 0 Å². The Hall–Kier alpha value is -13.2. The Kier molecular flexibility index (Phi) is 17.5. The third-order valence-corrected chi connectivity index (χ3v) is 13.1. The molecular weight excluding hydrogens is 1130 g/mol. The van der Waals surface area contributed by atoms with E-state index in [9.17, 15) is 68.4 Å². The predicted molar refractivity (Wildman–Crippen MR) is 321 cm³/mol. The quantitative estimate of drug-likeness (QED) is 0.0260. The second-order valence-corrected chi connectivity index (χ2v) is 18.9. The summed E-state index contributed by atoms with van der Waals surface area (Å²) in [6.45, 7) is 0. The molecule has 20 nitrogen and oxygen atoms in total. The van der Waals surface area contributed by atoms with Crippen LogP contribution in [-0.4, -0.2) is 79.5 Å². The number of anilines is 4. The van der Waals surface area contributed by atoms with Gasteiger partial charge in [-0.05, 0) is 121 Å². The van der Waals surface area contributed by atoms with Gasteiger partial charge in [-0.1, -0.05) is 66.4 Å². The number of hydrogen-bond donors (Lipinski definition) is 8. The highest BCUT2D eigenvalue weighted by molar-refractivity contribution is 6.19. The molecule has 9 rings (SSSR count). The number of carboxylic acid groups (broad SMARTS) is 4. The van der Waals surface area contributed by atoms with Crippen LogP contribution >= 0.6 is 0 Å². The summed E-state index contributed by atoms with van der Waals surface area (Å²) < 4.78 is 12.2. The molecule has 88 heavy (non-hydrogen) atoms. The van der Waals surface area contributed by atoms with Crippen molar-refractivity contribution >= 4 is 81.8 Å². The Labute approximate surface area is 498 Å². The van der Waals surface area contributed by atoms with Gasteiger partial charge in [0.1, 0.15) is 23.0 Å². The van der Waals surface area contributed by atoms with Crippen LogP contribution in [0.3, 0.4) is 0 Å². The molecule has 0 aliphatic heterocycles. The fourth-order valence-electron chi connectivity index (χ4n) is 8.89. The summed E-state index contributed by atoms with van der Waals surface area (Å²) in [5, 5.41) is 50.2. The third-order valence-electron chi connectivity index (χ3n) is 13.1. The minimum Gasteiger partial charge on any atom is -0.478 e. The molecule has 0 aromatic heterocycles. The first-order valence-corrected chi connectivity index (χ1v) is 25.9. The molecule has 20 heteroatoms. The van der Waals surface area contributed by atoms with E-state index in [2.05, 4.69) is 33.1 Å². The molecule has 0 bridgehead atoms. The number of carbonyl (C=O) groups is 10. The van der Waals surface area contributed by atoms with E-state index in [1.165, 1.54) is 78.9 Å². The highest BCUT2D eigenvalue weighted by Crippen LogP contribution is 2.32. The number of benzene rings is 9. The molecule has 0 aliphatic carbocycles. The number of hydrogen-bond acceptors (Lipinski definition) is 12. The molecule has 0 atom stereocenters. The smallest absolute Gasteiger partial charge is 0.336 e. The van der Waals surface area contributed by atoms with Gasteiger partial charge in [0.05, 0.1) is 44.5 Å². The molecule has 0 fully saturated rings. The fraction of sp³-hybridized carbons (Fsp3) is 0. The molecular formula is C68H42N4O16. The largest absolute Gasteiger partial charge is 0.478 e. The lowest BCUT2D eigenvalue weighted by molar-refractivity contribution is 0.0683. The van der Waals surface area contributed by atoms with E-state index >= 15 is 0 Å². The molecule has 0 spiro atoms. The number of ether oxygens (including phenoxy) is 2. The monoisotopic (exact) mass is 1170 g/mol. The van der Waals surface area contributed by atoms with Crippen LogP contribution in [0.25, 0.3) is 0 Å². The van der Waals surface area contributed by atoms with Crippen LogP contribution in [0, 0.1) is 24.7 Å². The Balaban J connectivity index is 0.868. The Morgan fingerprint density at radius 2 is 0.545 bits per heavy atom. The molecule has 9 aromatic carbocycles. The van der Waals surface area contributed by atoms with Crippen molar-refractivity contribution in [2.75, 3.05) is 21.3 Å². The van der Waals surface area contributed by atoms with E-state index in [4.69, 9.17) is 22.3 Å². The number of nitrogens with one attached hydrogen (secondary N) is 4. The van der Waals surface area contributed by atoms with Crippen LogP contribution in [0.1, 0.15) is 126 Å². The van der Waals surface area contributed by atoms with Crippen molar-refractivity contribution < 1.29 is 77.8 Å². The van der Waals surface area contributed by atoms with Gasteiger partial charge in [-0.15, -0.1) is 12.8 Å². The van der Waals surface area contributed by atoms with E-state index < -0.39 is 92.5 Å². The van der Waals surface area contributed by atoms with Crippen LogP contribution in [0.5, 0.6) is 23.0 Å². The molecule has 8 N–H and O–H groups in total. The molecule has 0 aliphatic rings. The maximum absolute atomic E-state index is 13.9. The van der Waals surface area contributed by atoms with Gasteiger partial charge in [-0.3, -0.25) is 28.8 Å². The average Bonchev–Trinajstić information content (AvgIpc) is 1.29. The van der Waals surface area contributed by atoms with Crippen molar-refractivity contribution in [1.29, 1.82) is 0 Å². The molecule has 9 aromatic rings. The zero-order chi connectivity index (χ0) is 62.8. The van der Waals surface area contributed by atoms with Crippen LogP contribution in [-0.2, 0) is 0 Å². The van der Waals surface area contributed by atoms with Crippen LogP contribution in [0.4, 0.5) is 22.7 Å². The maximum Gasteiger partial charge on any atom is 0.336 e. The van der Waals surface area contributed by atoms with E-state index in [1.54, 1.807) is 66.7 Å². The van der Waals surface area contributed by atoms with Crippen LogP contribution in [0.2, 0.25) is 0 Å². The van der Waals surface area contributed by atoms with E-state index in [0.717, 1.165) is 48.5 Å². The zero-order valence-corrected chi connectivity index (χ0v) is 45.3. The first-order valence-electron chi connectivity index (χ1n) is 25.9. The molecule has 0 unspecified atom stereocenters. The number of carbonyl (C=O) groups excluding carboxylic acids is 6. The van der Waals surface area contributed by atoms with Crippen LogP contribution < -0.4 is 30.7 Å². The highest BCUT2D eigenvalue weighted by Gasteiger charge is 2.26. The Morgan fingerprint density at radius 3 is 0.818 bits per heavy atom. The second-order valence-electron chi connectivity index (χ2n) is 18.9. The summed E-state index contributed by atoms with van der Waals surface area (Å²) >= 11 is 0. The molecule has 0 radical (unpaired) electrons. The van der Waals surface area contributed by atoms with E-state index in [-0.39, 0.29) is 79.1 Å². The molecule has 0 saturated carbocycles. The predicted octanol–water partition coefficient (Wildman–Crippen LogP) is 11.5. The van der Waals surface area contributed by atoms with Crippen molar-refractivity contribution in [3.63, 3.8) is 0 Å². The second kappa shape index (κ2) is 25.9. The summed E-state index contributed by atoms with van der Waals surface area (Å²) in [6.07, 6.45) is 10.9. The highest BCUT2D eigenvalue weighted by atomic mass is 16.5.